The molecule has 0 radical (unpaired) electrons. The molecule has 0 aliphatic rings. The number of aromatic nitrogens is 2. The van der Waals surface area contributed by atoms with Gasteiger partial charge in [0.15, 0.2) is 0 Å². The van der Waals surface area contributed by atoms with Gasteiger partial charge in [0, 0.05) is 6.42 Å². The molecule has 5 nitrogen and oxygen atoms in total. The molecule has 0 saturated heterocycles. The zero-order valence-corrected chi connectivity index (χ0v) is 8.08. The van der Waals surface area contributed by atoms with Crippen molar-refractivity contribution in [1.82, 2.24) is 8.75 Å². The minimum absolute atomic E-state index is 0.349. The van der Waals surface area contributed by atoms with E-state index in [1.54, 1.807) is 13.1 Å². The summed E-state index contributed by atoms with van der Waals surface area (Å²) in [6, 6.07) is -0.635. The van der Waals surface area contributed by atoms with Crippen LogP contribution in [0, 0.1) is 0 Å². The number of carbonyl (C=O) groups is 1. The van der Waals surface area contributed by atoms with Gasteiger partial charge in [-0.3, -0.25) is 4.79 Å². The van der Waals surface area contributed by atoms with Crippen molar-refractivity contribution in [3.8, 4) is 0 Å². The van der Waals surface area contributed by atoms with Gasteiger partial charge in [0.2, 0.25) is 0 Å². The molecule has 1 rings (SSSR count). The Hall–Kier alpha value is -1.01. The maximum Gasteiger partial charge on any atom is 0.323 e. The van der Waals surface area contributed by atoms with Crippen LogP contribution < -0.4 is 5.73 Å². The summed E-state index contributed by atoms with van der Waals surface area (Å²) in [7, 11) is 0. The fourth-order valence-electron chi connectivity index (χ4n) is 0.832. The number of hydrogen-bond donors (Lipinski definition) is 1. The minimum Gasteiger partial charge on any atom is -0.465 e. The molecule has 0 aromatic carbocycles. The van der Waals surface area contributed by atoms with Crippen LogP contribution in [0.5, 0.6) is 0 Å². The van der Waals surface area contributed by atoms with Crippen LogP contribution in [0.1, 0.15) is 12.6 Å². The summed E-state index contributed by atoms with van der Waals surface area (Å²) in [5.41, 5.74) is 6.28. The van der Waals surface area contributed by atoms with Crippen molar-refractivity contribution in [2.75, 3.05) is 6.61 Å². The van der Waals surface area contributed by atoms with Crippen molar-refractivity contribution in [2.45, 2.75) is 19.4 Å². The van der Waals surface area contributed by atoms with Gasteiger partial charge in [-0.05, 0) is 6.92 Å². The largest absolute Gasteiger partial charge is 0.465 e. The number of carbonyl (C=O) groups excluding carboxylic acids is 1. The second-order valence-electron chi connectivity index (χ2n) is 2.46. The van der Waals surface area contributed by atoms with Gasteiger partial charge >= 0.3 is 5.97 Å². The monoisotopic (exact) mass is 201 g/mol. The Bertz CT molecular complexity index is 263. The number of ether oxygens (including phenoxy) is 1. The molecule has 13 heavy (non-hydrogen) atoms. The maximum absolute atomic E-state index is 11.1. The average molecular weight is 201 g/mol. The number of nitrogens with two attached hydrogens (primary N) is 1. The summed E-state index contributed by atoms with van der Waals surface area (Å²) >= 11 is 1.10. The lowest BCUT2D eigenvalue weighted by molar-refractivity contribution is -0.144. The number of hydrogen-bond acceptors (Lipinski definition) is 6. The smallest absolute Gasteiger partial charge is 0.323 e. The van der Waals surface area contributed by atoms with Crippen LogP contribution in [0.4, 0.5) is 0 Å². The molecule has 0 aliphatic carbocycles. The second kappa shape index (κ2) is 4.88. The first-order valence-electron chi connectivity index (χ1n) is 3.92. The first-order valence-corrected chi connectivity index (χ1v) is 4.65. The first-order chi connectivity index (χ1) is 6.24. The molecule has 6 heteroatoms. The third-order valence-corrected chi connectivity index (χ3v) is 1.94. The van der Waals surface area contributed by atoms with Crippen LogP contribution in [-0.2, 0) is 16.0 Å². The fourth-order valence-corrected chi connectivity index (χ4v) is 1.27. The topological polar surface area (TPSA) is 78.1 Å². The average Bonchev–Trinajstić information content (AvgIpc) is 2.57. The Kier molecular flexibility index (Phi) is 3.78. The van der Waals surface area contributed by atoms with Gasteiger partial charge in [-0.1, -0.05) is 0 Å². The lowest BCUT2D eigenvalue weighted by Crippen LogP contribution is -2.34. The number of rotatable bonds is 4. The highest BCUT2D eigenvalue weighted by molar-refractivity contribution is 6.99. The normalized spacial score (nSPS) is 12.5. The van der Waals surface area contributed by atoms with Crippen molar-refractivity contribution >= 4 is 17.7 Å². The molecule has 0 saturated carbocycles. The van der Waals surface area contributed by atoms with Gasteiger partial charge in [-0.15, -0.1) is 0 Å². The lowest BCUT2D eigenvalue weighted by atomic mass is 10.2. The van der Waals surface area contributed by atoms with E-state index in [1.165, 1.54) is 0 Å². The highest BCUT2D eigenvalue weighted by atomic mass is 32.1. The summed E-state index contributed by atoms with van der Waals surface area (Å²) in [5, 5.41) is 0. The number of esters is 1. The molecule has 0 fully saturated rings. The molecule has 0 aliphatic heterocycles. The maximum atomic E-state index is 11.1. The van der Waals surface area contributed by atoms with Crippen LogP contribution in [0.2, 0.25) is 0 Å². The van der Waals surface area contributed by atoms with Crippen LogP contribution in [0.25, 0.3) is 0 Å². The quantitative estimate of drug-likeness (QED) is 0.692. The summed E-state index contributed by atoms with van der Waals surface area (Å²) in [6.07, 6.45) is 1.99. The summed E-state index contributed by atoms with van der Waals surface area (Å²) in [4.78, 5) is 11.1. The molecule has 0 amide bonds. The Labute approximate surface area is 80.2 Å². The molecule has 1 aromatic heterocycles. The van der Waals surface area contributed by atoms with Gasteiger partial charge in [0.1, 0.15) is 6.04 Å². The van der Waals surface area contributed by atoms with E-state index in [2.05, 4.69) is 8.75 Å². The molecule has 2 N–H and O–H groups in total. The highest BCUT2D eigenvalue weighted by Crippen LogP contribution is 2.00. The molecule has 1 atom stereocenters. The summed E-state index contributed by atoms with van der Waals surface area (Å²) < 4.78 is 12.5. The second-order valence-corrected chi connectivity index (χ2v) is 3.02. The third kappa shape index (κ3) is 3.08. The van der Waals surface area contributed by atoms with Gasteiger partial charge in [0.25, 0.3) is 0 Å². The SMILES string of the molecule is CCOC(=O)C(N)Cc1cnsn1. The van der Waals surface area contributed by atoms with Crippen molar-refractivity contribution in [3.05, 3.63) is 11.9 Å². The van der Waals surface area contributed by atoms with Crippen molar-refractivity contribution in [3.63, 3.8) is 0 Å². The lowest BCUT2D eigenvalue weighted by Gasteiger charge is -2.07. The van der Waals surface area contributed by atoms with E-state index in [1.807, 2.05) is 0 Å². The minimum atomic E-state index is -0.635. The molecule has 72 valence electrons. The molecular weight excluding hydrogens is 190 g/mol. The van der Waals surface area contributed by atoms with E-state index in [-0.39, 0.29) is 0 Å². The Morgan fingerprint density at radius 3 is 3.15 bits per heavy atom. The Balaban J connectivity index is 2.41. The highest BCUT2D eigenvalue weighted by Gasteiger charge is 2.15. The van der Waals surface area contributed by atoms with E-state index in [9.17, 15) is 4.79 Å². The van der Waals surface area contributed by atoms with Gasteiger partial charge in [0.05, 0.1) is 30.2 Å². The number of nitrogens with zero attached hydrogens (tertiary/aromatic N) is 2. The molecular formula is C7H11N3O2S. The van der Waals surface area contributed by atoms with Crippen molar-refractivity contribution < 1.29 is 9.53 Å². The summed E-state index contributed by atoms with van der Waals surface area (Å²) in [6.45, 7) is 2.09. The van der Waals surface area contributed by atoms with E-state index < -0.39 is 12.0 Å². The predicted molar refractivity (Wildman–Crippen MR) is 48.2 cm³/mol. The van der Waals surface area contributed by atoms with Gasteiger partial charge in [-0.2, -0.15) is 8.75 Å². The van der Waals surface area contributed by atoms with E-state index in [0.717, 1.165) is 17.4 Å². The fraction of sp³-hybridized carbons (Fsp3) is 0.571. The zero-order valence-electron chi connectivity index (χ0n) is 7.27. The molecule has 1 aromatic rings. The molecule has 0 bridgehead atoms. The van der Waals surface area contributed by atoms with Gasteiger partial charge < -0.3 is 10.5 Å². The zero-order chi connectivity index (χ0) is 9.68. The van der Waals surface area contributed by atoms with Crippen molar-refractivity contribution in [1.29, 1.82) is 0 Å². The van der Waals surface area contributed by atoms with Crippen LogP contribution in [-0.4, -0.2) is 27.4 Å². The third-order valence-electron chi connectivity index (χ3n) is 1.43. The van der Waals surface area contributed by atoms with Crippen LogP contribution in [0.15, 0.2) is 6.20 Å². The van der Waals surface area contributed by atoms with Gasteiger partial charge in [-0.25, -0.2) is 0 Å². The predicted octanol–water partition coefficient (Wildman–Crippen LogP) is -0.0290. The van der Waals surface area contributed by atoms with Crippen molar-refractivity contribution in [2.24, 2.45) is 5.73 Å². The van der Waals surface area contributed by atoms with Crippen LogP contribution in [0.3, 0.4) is 0 Å². The Morgan fingerprint density at radius 1 is 1.85 bits per heavy atom. The molecule has 1 unspecified atom stereocenters. The first kappa shape index (κ1) is 10.1. The Morgan fingerprint density at radius 2 is 2.62 bits per heavy atom. The summed E-state index contributed by atoms with van der Waals surface area (Å²) in [5.74, 6) is -0.393. The molecule has 1 heterocycles. The van der Waals surface area contributed by atoms with E-state index >= 15 is 0 Å². The van der Waals surface area contributed by atoms with Crippen LogP contribution >= 0.6 is 11.7 Å². The van der Waals surface area contributed by atoms with E-state index in [4.69, 9.17) is 10.5 Å². The van der Waals surface area contributed by atoms with E-state index in [0.29, 0.717) is 13.0 Å². The standard InChI is InChI=1S/C7H11N3O2S/c1-2-12-7(11)6(8)3-5-4-9-13-10-5/h4,6H,2-3,8H2,1H3. The molecule has 0 spiro atoms.